The third-order valence-corrected chi connectivity index (χ3v) is 7.45. The highest BCUT2D eigenvalue weighted by Gasteiger charge is 2.27. The summed E-state index contributed by atoms with van der Waals surface area (Å²) >= 11 is 0. The van der Waals surface area contributed by atoms with Crippen molar-refractivity contribution in [2.24, 2.45) is 0 Å². The topological polar surface area (TPSA) is 78.5 Å². The molecule has 0 fully saturated rings. The van der Waals surface area contributed by atoms with E-state index in [0.29, 0.717) is 55.7 Å². The van der Waals surface area contributed by atoms with E-state index in [1.807, 2.05) is 24.3 Å². The van der Waals surface area contributed by atoms with Crippen LogP contribution in [0.4, 0.5) is 0 Å². The molecule has 3 aromatic rings. The Bertz CT molecular complexity index is 1320. The number of hydrogen-bond donors (Lipinski definition) is 1. The first-order chi connectivity index (χ1) is 19.0. The van der Waals surface area contributed by atoms with Crippen LogP contribution in [0, 0.1) is 0 Å². The van der Waals surface area contributed by atoms with Gasteiger partial charge in [0.25, 0.3) is 0 Å². The predicted molar refractivity (Wildman–Crippen MR) is 148 cm³/mol. The monoisotopic (exact) mass is 532 g/mol. The summed E-state index contributed by atoms with van der Waals surface area (Å²) in [5.41, 5.74) is 5.52. The molecule has 206 valence electrons. The number of rotatable bonds is 9. The molecule has 8 heteroatoms. The van der Waals surface area contributed by atoms with Crippen LogP contribution in [0.15, 0.2) is 48.5 Å². The van der Waals surface area contributed by atoms with Gasteiger partial charge in [0, 0.05) is 36.7 Å². The third kappa shape index (κ3) is 5.76. The van der Waals surface area contributed by atoms with Crippen LogP contribution in [0.2, 0.25) is 0 Å². The second-order valence-corrected chi connectivity index (χ2v) is 9.95. The van der Waals surface area contributed by atoms with Crippen molar-refractivity contribution in [3.8, 4) is 28.7 Å². The van der Waals surface area contributed by atoms with Crippen molar-refractivity contribution in [3.63, 3.8) is 0 Å². The van der Waals surface area contributed by atoms with Crippen molar-refractivity contribution in [2.75, 3.05) is 48.1 Å². The summed E-state index contributed by atoms with van der Waals surface area (Å²) in [4.78, 5) is 15.1. The largest absolute Gasteiger partial charge is 0.493 e. The minimum absolute atomic E-state index is 0.0299. The Morgan fingerprint density at radius 1 is 0.897 bits per heavy atom. The Morgan fingerprint density at radius 2 is 1.62 bits per heavy atom. The van der Waals surface area contributed by atoms with Gasteiger partial charge in [-0.25, -0.2) is 0 Å². The maximum Gasteiger partial charge on any atom is 0.234 e. The number of benzene rings is 3. The Kier molecular flexibility index (Phi) is 8.12. The molecule has 5 rings (SSSR count). The van der Waals surface area contributed by atoms with Gasteiger partial charge in [0.2, 0.25) is 5.91 Å². The molecule has 0 unspecified atom stereocenters. The van der Waals surface area contributed by atoms with E-state index in [9.17, 15) is 4.79 Å². The van der Waals surface area contributed by atoms with Gasteiger partial charge in [0.05, 0.1) is 35.0 Å². The van der Waals surface area contributed by atoms with Crippen LogP contribution in [0.3, 0.4) is 0 Å². The van der Waals surface area contributed by atoms with E-state index in [0.717, 1.165) is 35.3 Å². The highest BCUT2D eigenvalue weighted by Crippen LogP contribution is 2.43. The normalized spacial score (nSPS) is 15.0. The van der Waals surface area contributed by atoms with Gasteiger partial charge < -0.3 is 29.0 Å². The quantitative estimate of drug-likeness (QED) is 0.449. The Labute approximate surface area is 229 Å². The minimum Gasteiger partial charge on any atom is -0.493 e. The first-order valence-electron chi connectivity index (χ1n) is 13.2. The van der Waals surface area contributed by atoms with Gasteiger partial charge in [-0.05, 0) is 47.7 Å². The molecule has 0 spiro atoms. The lowest BCUT2D eigenvalue weighted by Crippen LogP contribution is -2.42. The summed E-state index contributed by atoms with van der Waals surface area (Å²) in [6, 6.07) is 16.3. The van der Waals surface area contributed by atoms with E-state index in [1.165, 1.54) is 11.1 Å². The molecule has 3 aromatic carbocycles. The maximum atomic E-state index is 13.0. The zero-order valence-electron chi connectivity index (χ0n) is 23.0. The molecule has 1 heterocycles. The van der Waals surface area contributed by atoms with Crippen molar-refractivity contribution in [3.05, 3.63) is 76.3 Å². The summed E-state index contributed by atoms with van der Waals surface area (Å²) in [6.45, 7) is 1.96. The fourth-order valence-electron chi connectivity index (χ4n) is 5.63. The maximum absolute atomic E-state index is 13.0. The first kappa shape index (κ1) is 26.7. The van der Waals surface area contributed by atoms with Gasteiger partial charge in [0.15, 0.2) is 23.0 Å². The number of nitrogens with one attached hydrogen (secondary N) is 1. The van der Waals surface area contributed by atoms with Gasteiger partial charge in [0.1, 0.15) is 12.4 Å². The number of carbonyl (C=O) groups is 1. The van der Waals surface area contributed by atoms with Crippen molar-refractivity contribution < 1.29 is 28.5 Å². The second kappa shape index (κ2) is 11.9. The van der Waals surface area contributed by atoms with Crippen LogP contribution in [-0.4, -0.2) is 65.0 Å². The molecule has 0 bridgehead atoms. The van der Waals surface area contributed by atoms with Gasteiger partial charge in [-0.3, -0.25) is 9.69 Å². The van der Waals surface area contributed by atoms with E-state index >= 15 is 0 Å². The van der Waals surface area contributed by atoms with E-state index < -0.39 is 0 Å². The Morgan fingerprint density at radius 3 is 2.28 bits per heavy atom. The number of nitrogens with zero attached hydrogens (tertiary/aromatic N) is 1. The first-order valence-corrected chi connectivity index (χ1v) is 13.2. The van der Waals surface area contributed by atoms with Crippen LogP contribution in [0.5, 0.6) is 28.7 Å². The average molecular weight is 533 g/mol. The van der Waals surface area contributed by atoms with Gasteiger partial charge in [-0.15, -0.1) is 0 Å². The SMILES string of the molecule is COc1ccc(Cc2c3c(cc(OC)c2OC)CN(CC(=O)NC2Cc4ccccc4C2)CCO3)cc1OC. The van der Waals surface area contributed by atoms with E-state index in [1.54, 1.807) is 28.4 Å². The fourth-order valence-corrected chi connectivity index (χ4v) is 5.63. The molecule has 0 aromatic heterocycles. The molecule has 0 saturated carbocycles. The summed E-state index contributed by atoms with van der Waals surface area (Å²) in [5, 5.41) is 3.23. The molecule has 2 aliphatic rings. The standard InChI is InChI=1S/C31H36N2O6/c1-35-26-10-9-20(14-27(26)36-2)13-25-30-23(17-28(37-3)31(25)38-4)18-33(11-12-39-30)19-29(34)32-24-15-21-7-5-6-8-22(21)16-24/h5-10,14,17,24H,11-13,15-16,18-19H2,1-4H3,(H,32,34). The van der Waals surface area contributed by atoms with Crippen molar-refractivity contribution in [1.29, 1.82) is 0 Å². The minimum atomic E-state index is 0.0299. The van der Waals surface area contributed by atoms with Crippen molar-refractivity contribution >= 4 is 5.91 Å². The lowest BCUT2D eigenvalue weighted by atomic mass is 9.98. The van der Waals surface area contributed by atoms with Gasteiger partial charge in [-0.1, -0.05) is 30.3 Å². The molecular weight excluding hydrogens is 496 g/mol. The molecule has 0 saturated heterocycles. The molecule has 1 aliphatic heterocycles. The number of amides is 1. The molecule has 8 nitrogen and oxygen atoms in total. The molecular formula is C31H36N2O6. The van der Waals surface area contributed by atoms with Crippen LogP contribution >= 0.6 is 0 Å². The lowest BCUT2D eigenvalue weighted by Gasteiger charge is -2.22. The Hall–Kier alpha value is -3.91. The number of carbonyl (C=O) groups excluding carboxylic acids is 1. The molecule has 0 atom stereocenters. The average Bonchev–Trinajstić information content (AvgIpc) is 3.24. The highest BCUT2D eigenvalue weighted by molar-refractivity contribution is 5.78. The van der Waals surface area contributed by atoms with Gasteiger partial charge in [-0.2, -0.15) is 0 Å². The van der Waals surface area contributed by atoms with Crippen molar-refractivity contribution in [2.45, 2.75) is 31.8 Å². The zero-order valence-corrected chi connectivity index (χ0v) is 23.0. The number of hydrogen-bond acceptors (Lipinski definition) is 7. The predicted octanol–water partition coefficient (Wildman–Crippen LogP) is 3.79. The molecule has 1 N–H and O–H groups in total. The number of methoxy groups -OCH3 is 4. The summed E-state index contributed by atoms with van der Waals surface area (Å²) in [7, 11) is 6.51. The summed E-state index contributed by atoms with van der Waals surface area (Å²) < 4.78 is 28.7. The van der Waals surface area contributed by atoms with Gasteiger partial charge >= 0.3 is 0 Å². The summed E-state index contributed by atoms with van der Waals surface area (Å²) in [5.74, 6) is 3.40. The smallest absolute Gasteiger partial charge is 0.234 e. The van der Waals surface area contributed by atoms with Crippen LogP contribution in [0.25, 0.3) is 0 Å². The zero-order chi connectivity index (χ0) is 27.4. The van der Waals surface area contributed by atoms with E-state index in [-0.39, 0.29) is 11.9 Å². The number of ether oxygens (including phenoxy) is 5. The Balaban J connectivity index is 1.35. The lowest BCUT2D eigenvalue weighted by molar-refractivity contribution is -0.123. The fraction of sp³-hybridized carbons (Fsp3) is 0.387. The second-order valence-electron chi connectivity index (χ2n) is 9.95. The highest BCUT2D eigenvalue weighted by atomic mass is 16.5. The van der Waals surface area contributed by atoms with Crippen LogP contribution in [0.1, 0.15) is 27.8 Å². The van der Waals surface area contributed by atoms with Crippen molar-refractivity contribution in [1.82, 2.24) is 10.2 Å². The number of fused-ring (bicyclic) bond motifs is 2. The van der Waals surface area contributed by atoms with E-state index in [4.69, 9.17) is 23.7 Å². The van der Waals surface area contributed by atoms with Crippen LogP contribution < -0.4 is 29.0 Å². The molecule has 1 aliphatic carbocycles. The molecule has 39 heavy (non-hydrogen) atoms. The third-order valence-electron chi connectivity index (χ3n) is 7.45. The summed E-state index contributed by atoms with van der Waals surface area (Å²) in [6.07, 6.45) is 2.31. The van der Waals surface area contributed by atoms with E-state index in [2.05, 4.69) is 34.5 Å². The van der Waals surface area contributed by atoms with Crippen LogP contribution in [-0.2, 0) is 30.6 Å². The molecule has 0 radical (unpaired) electrons. The molecule has 1 amide bonds.